The number of ether oxygens (including phenoxy) is 1. The first kappa shape index (κ1) is 18.9. The molecular weight excluding hydrogens is 375 g/mol. The minimum absolute atomic E-state index is 0.209. The molecular formula is C21H19FN4O3. The summed E-state index contributed by atoms with van der Waals surface area (Å²) >= 11 is 0. The number of cyclic esters (lactones) is 1. The van der Waals surface area contributed by atoms with E-state index in [1.807, 2.05) is 0 Å². The SMILES string of the molecule is CC(=O)NC[C@H]1CN(c2ccc(-c3ccc(C4(C#N)CC4)nc3)c(F)c2)C(=O)O1. The average Bonchev–Trinajstić information content (AvgIpc) is 3.43. The molecule has 1 N–H and O–H groups in total. The van der Waals surface area contributed by atoms with Crippen LogP contribution in [0, 0.1) is 17.1 Å². The molecule has 1 saturated carbocycles. The lowest BCUT2D eigenvalue weighted by Crippen LogP contribution is -2.33. The summed E-state index contributed by atoms with van der Waals surface area (Å²) in [7, 11) is 0. The van der Waals surface area contributed by atoms with Gasteiger partial charge in [-0.1, -0.05) is 6.07 Å². The molecule has 0 unspecified atom stereocenters. The van der Waals surface area contributed by atoms with Crippen molar-refractivity contribution in [2.45, 2.75) is 31.3 Å². The fourth-order valence-corrected chi connectivity index (χ4v) is 3.39. The number of halogens is 1. The Bertz CT molecular complexity index is 1010. The summed E-state index contributed by atoms with van der Waals surface area (Å²) in [6.07, 6.45) is 2.10. The zero-order valence-electron chi connectivity index (χ0n) is 15.8. The molecule has 2 fully saturated rings. The van der Waals surface area contributed by atoms with Crippen LogP contribution < -0.4 is 10.2 Å². The summed E-state index contributed by atoms with van der Waals surface area (Å²) < 4.78 is 20.0. The Kier molecular flexibility index (Phi) is 4.66. The molecule has 1 aromatic carbocycles. The van der Waals surface area contributed by atoms with Crippen molar-refractivity contribution in [3.63, 3.8) is 0 Å². The molecule has 29 heavy (non-hydrogen) atoms. The number of nitrogens with zero attached hydrogens (tertiary/aromatic N) is 3. The van der Waals surface area contributed by atoms with E-state index in [1.165, 1.54) is 17.9 Å². The third-order valence-electron chi connectivity index (χ3n) is 5.25. The second-order valence-electron chi connectivity index (χ2n) is 7.34. The van der Waals surface area contributed by atoms with Crippen LogP contribution >= 0.6 is 0 Å². The second kappa shape index (κ2) is 7.17. The summed E-state index contributed by atoms with van der Waals surface area (Å²) in [6.45, 7) is 1.82. The van der Waals surface area contributed by atoms with Crippen LogP contribution in [-0.2, 0) is 14.9 Å². The van der Waals surface area contributed by atoms with Gasteiger partial charge in [0.25, 0.3) is 0 Å². The highest BCUT2D eigenvalue weighted by Gasteiger charge is 2.46. The van der Waals surface area contributed by atoms with Gasteiger partial charge in [-0.3, -0.25) is 14.7 Å². The van der Waals surface area contributed by atoms with E-state index in [1.54, 1.807) is 30.5 Å². The first-order valence-corrected chi connectivity index (χ1v) is 9.32. The Morgan fingerprint density at radius 2 is 2.21 bits per heavy atom. The Morgan fingerprint density at radius 1 is 1.41 bits per heavy atom. The van der Waals surface area contributed by atoms with Gasteiger partial charge >= 0.3 is 6.09 Å². The molecule has 1 atom stereocenters. The summed E-state index contributed by atoms with van der Waals surface area (Å²) in [5.74, 6) is -0.700. The van der Waals surface area contributed by atoms with E-state index in [4.69, 9.17) is 4.74 Å². The average molecular weight is 394 g/mol. The van der Waals surface area contributed by atoms with Crippen LogP contribution in [-0.4, -0.2) is 36.2 Å². The Morgan fingerprint density at radius 3 is 2.79 bits per heavy atom. The van der Waals surface area contributed by atoms with Crippen LogP contribution in [0.5, 0.6) is 0 Å². The summed E-state index contributed by atoms with van der Waals surface area (Å²) in [5, 5.41) is 11.9. The van der Waals surface area contributed by atoms with E-state index in [0.717, 1.165) is 12.8 Å². The summed E-state index contributed by atoms with van der Waals surface area (Å²) in [6, 6.07) is 10.3. The van der Waals surface area contributed by atoms with Crippen LogP contribution in [0.2, 0.25) is 0 Å². The number of pyridine rings is 1. The number of carbonyl (C=O) groups excluding carboxylic acids is 2. The minimum atomic E-state index is -0.579. The van der Waals surface area contributed by atoms with Gasteiger partial charge in [0.2, 0.25) is 5.91 Å². The lowest BCUT2D eigenvalue weighted by molar-refractivity contribution is -0.119. The molecule has 1 aliphatic carbocycles. The molecule has 4 rings (SSSR count). The van der Waals surface area contributed by atoms with E-state index in [0.29, 0.717) is 22.5 Å². The van der Waals surface area contributed by atoms with E-state index in [-0.39, 0.29) is 19.0 Å². The largest absolute Gasteiger partial charge is 0.442 e. The van der Waals surface area contributed by atoms with Gasteiger partial charge in [-0.05, 0) is 37.1 Å². The van der Waals surface area contributed by atoms with Crippen molar-refractivity contribution in [2.24, 2.45) is 0 Å². The molecule has 2 heterocycles. The van der Waals surface area contributed by atoms with Gasteiger partial charge in [-0.25, -0.2) is 9.18 Å². The molecule has 2 aromatic rings. The Labute approximate surface area is 167 Å². The predicted octanol–water partition coefficient (Wildman–Crippen LogP) is 2.90. The van der Waals surface area contributed by atoms with Crippen molar-refractivity contribution in [1.82, 2.24) is 10.3 Å². The first-order chi connectivity index (χ1) is 13.9. The Balaban J connectivity index is 1.50. The van der Waals surface area contributed by atoms with Crippen LogP contribution in [0.1, 0.15) is 25.5 Å². The lowest BCUT2D eigenvalue weighted by atomic mass is 10.0. The maximum absolute atomic E-state index is 14.8. The van der Waals surface area contributed by atoms with Gasteiger partial charge < -0.3 is 10.1 Å². The number of anilines is 1. The van der Waals surface area contributed by atoms with Crippen LogP contribution in [0.25, 0.3) is 11.1 Å². The van der Waals surface area contributed by atoms with Crippen molar-refractivity contribution in [2.75, 3.05) is 18.0 Å². The minimum Gasteiger partial charge on any atom is -0.442 e. The number of hydrogen-bond acceptors (Lipinski definition) is 5. The zero-order valence-corrected chi connectivity index (χ0v) is 15.8. The van der Waals surface area contributed by atoms with Crippen molar-refractivity contribution in [3.05, 3.63) is 48.0 Å². The zero-order chi connectivity index (χ0) is 20.6. The van der Waals surface area contributed by atoms with Crippen LogP contribution in [0.4, 0.5) is 14.9 Å². The van der Waals surface area contributed by atoms with Gasteiger partial charge in [0.05, 0.1) is 36.0 Å². The van der Waals surface area contributed by atoms with Crippen LogP contribution in [0.3, 0.4) is 0 Å². The second-order valence-corrected chi connectivity index (χ2v) is 7.34. The molecule has 1 aliphatic heterocycles. The maximum Gasteiger partial charge on any atom is 0.414 e. The molecule has 0 radical (unpaired) electrons. The normalized spacial score (nSPS) is 19.4. The summed E-state index contributed by atoms with van der Waals surface area (Å²) in [4.78, 5) is 28.8. The number of amides is 2. The fourth-order valence-electron chi connectivity index (χ4n) is 3.39. The molecule has 0 spiro atoms. The monoisotopic (exact) mass is 394 g/mol. The van der Waals surface area contributed by atoms with Crippen molar-refractivity contribution in [1.29, 1.82) is 5.26 Å². The van der Waals surface area contributed by atoms with Gasteiger partial charge in [-0.15, -0.1) is 0 Å². The number of benzene rings is 1. The highest BCUT2D eigenvalue weighted by atomic mass is 19.1. The van der Waals surface area contributed by atoms with Gasteiger partial charge in [-0.2, -0.15) is 5.26 Å². The molecule has 0 bridgehead atoms. The van der Waals surface area contributed by atoms with Crippen molar-refractivity contribution >= 4 is 17.7 Å². The van der Waals surface area contributed by atoms with Gasteiger partial charge in [0.1, 0.15) is 11.9 Å². The fraction of sp³-hybridized carbons (Fsp3) is 0.333. The van der Waals surface area contributed by atoms with E-state index >= 15 is 0 Å². The summed E-state index contributed by atoms with van der Waals surface area (Å²) in [5.41, 5.74) is 1.57. The third kappa shape index (κ3) is 3.63. The van der Waals surface area contributed by atoms with Crippen molar-refractivity contribution in [3.8, 4) is 17.2 Å². The number of nitriles is 1. The Hall–Kier alpha value is -3.47. The molecule has 1 saturated heterocycles. The number of rotatable bonds is 5. The highest BCUT2D eigenvalue weighted by molar-refractivity contribution is 5.90. The van der Waals surface area contributed by atoms with E-state index in [9.17, 15) is 19.2 Å². The number of aromatic nitrogens is 1. The number of carbonyl (C=O) groups is 2. The predicted molar refractivity (Wildman–Crippen MR) is 102 cm³/mol. The third-order valence-corrected chi connectivity index (χ3v) is 5.25. The van der Waals surface area contributed by atoms with Gasteiger partial charge in [0.15, 0.2) is 0 Å². The molecule has 2 amide bonds. The van der Waals surface area contributed by atoms with Crippen molar-refractivity contribution < 1.29 is 18.7 Å². The quantitative estimate of drug-likeness (QED) is 0.841. The van der Waals surface area contributed by atoms with Crippen LogP contribution in [0.15, 0.2) is 36.5 Å². The highest BCUT2D eigenvalue weighted by Crippen LogP contribution is 2.46. The standard InChI is InChI=1S/C21H19FN4O3/c1-13(27)24-10-16-11-26(20(28)29-16)15-3-4-17(18(22)8-15)14-2-5-19(25-9-14)21(12-23)6-7-21/h2-5,8-9,16H,6-7,10-11H2,1H3,(H,24,27)/t16-/m0/s1. The lowest BCUT2D eigenvalue weighted by Gasteiger charge is -2.15. The van der Waals surface area contributed by atoms with E-state index < -0.39 is 23.4 Å². The van der Waals surface area contributed by atoms with Gasteiger partial charge in [0, 0.05) is 24.2 Å². The van der Waals surface area contributed by atoms with E-state index in [2.05, 4.69) is 16.4 Å². The number of nitrogens with one attached hydrogen (secondary N) is 1. The first-order valence-electron chi connectivity index (χ1n) is 9.32. The molecule has 2 aliphatic rings. The molecule has 1 aromatic heterocycles. The number of hydrogen-bond donors (Lipinski definition) is 1. The molecule has 7 nitrogen and oxygen atoms in total. The molecule has 8 heteroatoms. The smallest absolute Gasteiger partial charge is 0.414 e. The topological polar surface area (TPSA) is 95.3 Å². The molecule has 148 valence electrons. The maximum atomic E-state index is 14.8.